The highest BCUT2D eigenvalue weighted by Gasteiger charge is 2.05. The van der Waals surface area contributed by atoms with E-state index in [0.29, 0.717) is 38.0 Å². The van der Waals surface area contributed by atoms with Gasteiger partial charge in [-0.05, 0) is 31.2 Å². The lowest BCUT2D eigenvalue weighted by Crippen LogP contribution is -2.33. The number of anilines is 2. The van der Waals surface area contributed by atoms with E-state index in [2.05, 4.69) is 25.9 Å². The molecule has 0 atom stereocenters. The third-order valence-corrected chi connectivity index (χ3v) is 3.88. The Morgan fingerprint density at radius 3 is 2.72 bits per heavy atom. The highest BCUT2D eigenvalue weighted by molar-refractivity contribution is 5.94. The summed E-state index contributed by atoms with van der Waals surface area (Å²) in [6.45, 7) is 3.58. The lowest BCUT2D eigenvalue weighted by atomic mass is 10.3. The first-order chi connectivity index (χ1) is 14.1. The van der Waals surface area contributed by atoms with E-state index in [1.54, 1.807) is 20.2 Å². The number of methoxy groups -OCH3 is 1. The summed E-state index contributed by atoms with van der Waals surface area (Å²) in [5.41, 5.74) is 1.70. The molecule has 0 spiro atoms. The van der Waals surface area contributed by atoms with E-state index in [1.165, 1.54) is 0 Å². The minimum absolute atomic E-state index is 0.113. The Balaban J connectivity index is 1.76. The van der Waals surface area contributed by atoms with Crippen LogP contribution in [0.25, 0.3) is 0 Å². The molecule has 29 heavy (non-hydrogen) atoms. The predicted molar refractivity (Wildman–Crippen MR) is 116 cm³/mol. The van der Waals surface area contributed by atoms with Crippen LogP contribution in [0.4, 0.5) is 11.5 Å². The lowest BCUT2D eigenvalue weighted by Gasteiger charge is -2.13. The Bertz CT molecular complexity index is 810. The van der Waals surface area contributed by atoms with Gasteiger partial charge in [-0.25, -0.2) is 4.98 Å². The molecule has 2 rings (SSSR count). The molecule has 0 aliphatic heterocycles. The van der Waals surface area contributed by atoms with Gasteiger partial charge in [0.1, 0.15) is 11.6 Å². The zero-order chi connectivity index (χ0) is 20.9. The number of amides is 1. The Hall–Kier alpha value is -3.13. The molecular formula is C21H29N5O3. The zero-order valence-electron chi connectivity index (χ0n) is 17.2. The number of carbonyl (C=O) groups excluding carboxylic acids is 1. The van der Waals surface area contributed by atoms with Gasteiger partial charge in [0.15, 0.2) is 5.96 Å². The minimum Gasteiger partial charge on any atom is -0.493 e. The van der Waals surface area contributed by atoms with Crippen LogP contribution in [0, 0.1) is 6.92 Å². The van der Waals surface area contributed by atoms with E-state index in [-0.39, 0.29) is 5.91 Å². The summed E-state index contributed by atoms with van der Waals surface area (Å²) in [4.78, 5) is 20.5. The molecule has 0 fully saturated rings. The standard InChI is InChI=1S/C21H29N5O3/c1-16-7-4-10-19(24-16)26-20(27)11-12-23-21(22-2)25-17-8-5-9-18(15-17)29-14-6-13-28-3/h4-5,7-10,15H,6,11-14H2,1-3H3,(H2,22,23,25)(H,24,26,27). The van der Waals surface area contributed by atoms with E-state index in [1.807, 2.05) is 43.3 Å². The Kier molecular flexibility index (Phi) is 9.44. The van der Waals surface area contributed by atoms with Crippen LogP contribution >= 0.6 is 0 Å². The highest BCUT2D eigenvalue weighted by Crippen LogP contribution is 2.17. The van der Waals surface area contributed by atoms with Crippen molar-refractivity contribution in [1.29, 1.82) is 0 Å². The van der Waals surface area contributed by atoms with Crippen LogP contribution in [0.15, 0.2) is 47.5 Å². The second-order valence-corrected chi connectivity index (χ2v) is 6.31. The van der Waals surface area contributed by atoms with Crippen molar-refractivity contribution in [3.05, 3.63) is 48.2 Å². The second-order valence-electron chi connectivity index (χ2n) is 6.31. The van der Waals surface area contributed by atoms with Crippen LogP contribution in [0.2, 0.25) is 0 Å². The lowest BCUT2D eigenvalue weighted by molar-refractivity contribution is -0.116. The molecule has 1 amide bonds. The molecule has 0 unspecified atom stereocenters. The van der Waals surface area contributed by atoms with Crippen LogP contribution in [-0.2, 0) is 9.53 Å². The van der Waals surface area contributed by atoms with Gasteiger partial charge in [-0.3, -0.25) is 9.79 Å². The van der Waals surface area contributed by atoms with Crippen LogP contribution in [0.1, 0.15) is 18.5 Å². The number of nitrogens with one attached hydrogen (secondary N) is 3. The number of hydrogen-bond donors (Lipinski definition) is 3. The fourth-order valence-electron chi connectivity index (χ4n) is 2.49. The number of ether oxygens (including phenoxy) is 2. The van der Waals surface area contributed by atoms with Crippen molar-refractivity contribution in [2.24, 2.45) is 4.99 Å². The van der Waals surface area contributed by atoms with Crippen molar-refractivity contribution >= 4 is 23.4 Å². The number of rotatable bonds is 10. The van der Waals surface area contributed by atoms with Gasteiger partial charge in [0.2, 0.25) is 5.91 Å². The zero-order valence-corrected chi connectivity index (χ0v) is 17.2. The first-order valence-electron chi connectivity index (χ1n) is 9.53. The number of guanidine groups is 1. The summed E-state index contributed by atoms with van der Waals surface area (Å²) in [7, 11) is 3.35. The molecule has 0 bridgehead atoms. The summed E-state index contributed by atoms with van der Waals surface area (Å²) in [6.07, 6.45) is 1.12. The van der Waals surface area contributed by atoms with Gasteiger partial charge >= 0.3 is 0 Å². The number of pyridine rings is 1. The maximum absolute atomic E-state index is 12.1. The van der Waals surface area contributed by atoms with Gasteiger partial charge in [0, 0.05) is 57.6 Å². The van der Waals surface area contributed by atoms with Crippen LogP contribution in [-0.4, -0.2) is 50.8 Å². The summed E-state index contributed by atoms with van der Waals surface area (Å²) in [5.74, 6) is 1.78. The van der Waals surface area contributed by atoms with Crippen molar-refractivity contribution in [3.8, 4) is 5.75 Å². The molecule has 0 radical (unpaired) electrons. The van der Waals surface area contributed by atoms with Crippen molar-refractivity contribution in [2.45, 2.75) is 19.8 Å². The molecule has 0 saturated carbocycles. The summed E-state index contributed by atoms with van der Waals surface area (Å²) in [6, 6.07) is 13.1. The van der Waals surface area contributed by atoms with Crippen molar-refractivity contribution < 1.29 is 14.3 Å². The van der Waals surface area contributed by atoms with Crippen LogP contribution in [0.5, 0.6) is 5.75 Å². The van der Waals surface area contributed by atoms with E-state index in [4.69, 9.17) is 9.47 Å². The molecule has 1 heterocycles. The maximum Gasteiger partial charge on any atom is 0.227 e. The number of aliphatic imine (C=N–C) groups is 1. The smallest absolute Gasteiger partial charge is 0.227 e. The molecule has 156 valence electrons. The Morgan fingerprint density at radius 1 is 1.14 bits per heavy atom. The normalized spacial score (nSPS) is 11.1. The highest BCUT2D eigenvalue weighted by atomic mass is 16.5. The first-order valence-corrected chi connectivity index (χ1v) is 9.53. The quantitative estimate of drug-likeness (QED) is 0.323. The summed E-state index contributed by atoms with van der Waals surface area (Å²) < 4.78 is 10.7. The first kappa shape index (κ1) is 22.2. The number of nitrogens with zero attached hydrogens (tertiary/aromatic N) is 2. The monoisotopic (exact) mass is 399 g/mol. The van der Waals surface area contributed by atoms with Gasteiger partial charge in [-0.15, -0.1) is 0 Å². The van der Waals surface area contributed by atoms with Crippen LogP contribution < -0.4 is 20.7 Å². The van der Waals surface area contributed by atoms with E-state index < -0.39 is 0 Å². The molecule has 8 nitrogen and oxygen atoms in total. The van der Waals surface area contributed by atoms with Gasteiger partial charge in [-0.2, -0.15) is 0 Å². The third kappa shape index (κ3) is 8.61. The molecule has 0 saturated heterocycles. The van der Waals surface area contributed by atoms with E-state index in [9.17, 15) is 4.79 Å². The molecule has 1 aromatic carbocycles. The van der Waals surface area contributed by atoms with E-state index in [0.717, 1.165) is 23.6 Å². The van der Waals surface area contributed by atoms with Gasteiger partial charge < -0.3 is 25.4 Å². The Labute approximate surface area is 171 Å². The topological polar surface area (TPSA) is 96.9 Å². The predicted octanol–water partition coefficient (Wildman–Crippen LogP) is 2.82. The number of carbonyl (C=O) groups is 1. The SMILES string of the molecule is CN=C(NCCC(=O)Nc1cccc(C)n1)Nc1cccc(OCCCOC)c1. The number of aromatic nitrogens is 1. The third-order valence-electron chi connectivity index (χ3n) is 3.88. The number of hydrogen-bond acceptors (Lipinski definition) is 5. The van der Waals surface area contributed by atoms with Gasteiger partial charge in [0.25, 0.3) is 0 Å². The second kappa shape index (κ2) is 12.4. The molecule has 0 aliphatic carbocycles. The fraction of sp³-hybridized carbons (Fsp3) is 0.381. The molecule has 8 heteroatoms. The minimum atomic E-state index is -0.113. The molecular weight excluding hydrogens is 370 g/mol. The van der Waals surface area contributed by atoms with Gasteiger partial charge in [0.05, 0.1) is 6.61 Å². The molecule has 2 aromatic rings. The number of benzene rings is 1. The average Bonchev–Trinajstić information content (AvgIpc) is 2.71. The average molecular weight is 399 g/mol. The number of aryl methyl sites for hydroxylation is 1. The van der Waals surface area contributed by atoms with Crippen LogP contribution in [0.3, 0.4) is 0 Å². The van der Waals surface area contributed by atoms with Gasteiger partial charge in [-0.1, -0.05) is 12.1 Å². The fourth-order valence-corrected chi connectivity index (χ4v) is 2.49. The largest absolute Gasteiger partial charge is 0.493 e. The molecule has 3 N–H and O–H groups in total. The maximum atomic E-state index is 12.1. The summed E-state index contributed by atoms with van der Waals surface area (Å²) in [5, 5.41) is 9.10. The molecule has 0 aliphatic rings. The molecule has 1 aromatic heterocycles. The Morgan fingerprint density at radius 2 is 1.97 bits per heavy atom. The van der Waals surface area contributed by atoms with Crippen molar-refractivity contribution in [2.75, 3.05) is 44.5 Å². The van der Waals surface area contributed by atoms with Crippen molar-refractivity contribution in [1.82, 2.24) is 10.3 Å². The van der Waals surface area contributed by atoms with Crippen molar-refractivity contribution in [3.63, 3.8) is 0 Å². The van der Waals surface area contributed by atoms with E-state index >= 15 is 0 Å². The summed E-state index contributed by atoms with van der Waals surface area (Å²) >= 11 is 0.